The zero-order chi connectivity index (χ0) is 8.39. The Kier molecular flexibility index (Phi) is 2.13. The van der Waals surface area contributed by atoms with Gasteiger partial charge in [-0.3, -0.25) is 0 Å². The lowest BCUT2D eigenvalue weighted by atomic mass is 9.90. The van der Waals surface area contributed by atoms with E-state index in [1.165, 1.54) is 30.4 Å². The molecule has 1 radical (unpaired) electrons. The van der Waals surface area contributed by atoms with Gasteiger partial charge in [0.1, 0.15) is 0 Å². The van der Waals surface area contributed by atoms with Crippen molar-refractivity contribution < 1.29 is 5.11 Å². The predicted molar refractivity (Wildman–Crippen MR) is 48.7 cm³/mol. The Bertz CT molecular complexity index is 278. The van der Waals surface area contributed by atoms with Gasteiger partial charge in [0.25, 0.3) is 0 Å². The molecular formula is C11H13O. The van der Waals surface area contributed by atoms with E-state index in [4.69, 9.17) is 5.11 Å². The molecule has 0 spiro atoms. The van der Waals surface area contributed by atoms with Gasteiger partial charge in [-0.05, 0) is 42.4 Å². The summed E-state index contributed by atoms with van der Waals surface area (Å²) in [5.41, 5.74) is 3.79. The summed E-state index contributed by atoms with van der Waals surface area (Å²) in [6.45, 7) is 0.160. The van der Waals surface area contributed by atoms with Crippen LogP contribution in [0.3, 0.4) is 0 Å². The summed E-state index contributed by atoms with van der Waals surface area (Å²) in [6, 6.07) is 6.23. The van der Waals surface area contributed by atoms with E-state index >= 15 is 0 Å². The predicted octanol–water partition coefficient (Wildman–Crippen LogP) is 2.07. The number of fused-ring (bicyclic) bond motifs is 1. The van der Waals surface area contributed by atoms with Crippen LogP contribution in [0.2, 0.25) is 0 Å². The number of hydrogen-bond donors (Lipinski definition) is 1. The third-order valence-electron chi connectivity index (χ3n) is 2.40. The Morgan fingerprint density at radius 3 is 3.08 bits per heavy atom. The van der Waals surface area contributed by atoms with Gasteiger partial charge in [-0.1, -0.05) is 18.2 Å². The minimum absolute atomic E-state index is 0.160. The average molecular weight is 161 g/mol. The Balaban J connectivity index is 2.36. The largest absolute Gasteiger partial charge is 0.392 e. The number of rotatable bonds is 1. The molecule has 1 nitrogen and oxygen atoms in total. The number of benzene rings is 1. The summed E-state index contributed by atoms with van der Waals surface area (Å²) < 4.78 is 0. The Morgan fingerprint density at radius 2 is 2.25 bits per heavy atom. The van der Waals surface area contributed by atoms with Crippen LogP contribution in [-0.2, 0) is 13.0 Å². The zero-order valence-electron chi connectivity index (χ0n) is 7.09. The normalized spacial score (nSPS) is 15.8. The van der Waals surface area contributed by atoms with E-state index in [0.717, 1.165) is 5.56 Å². The highest BCUT2D eigenvalue weighted by atomic mass is 16.3. The van der Waals surface area contributed by atoms with E-state index in [1.807, 2.05) is 6.07 Å². The van der Waals surface area contributed by atoms with E-state index in [0.29, 0.717) is 0 Å². The molecule has 0 aliphatic heterocycles. The fourth-order valence-corrected chi connectivity index (χ4v) is 1.72. The van der Waals surface area contributed by atoms with Crippen LogP contribution in [0.5, 0.6) is 0 Å². The van der Waals surface area contributed by atoms with E-state index in [1.54, 1.807) is 0 Å². The molecule has 0 atom stereocenters. The Morgan fingerprint density at radius 1 is 1.33 bits per heavy atom. The molecule has 0 aromatic heterocycles. The summed E-state index contributed by atoms with van der Waals surface area (Å²) in [4.78, 5) is 0. The molecule has 2 rings (SSSR count). The lowest BCUT2D eigenvalue weighted by Gasteiger charge is -2.15. The topological polar surface area (TPSA) is 20.2 Å². The molecule has 12 heavy (non-hydrogen) atoms. The first-order valence-electron chi connectivity index (χ1n) is 4.46. The highest BCUT2D eigenvalue weighted by molar-refractivity contribution is 5.38. The van der Waals surface area contributed by atoms with Crippen LogP contribution in [0.25, 0.3) is 0 Å². The van der Waals surface area contributed by atoms with Crippen LogP contribution >= 0.6 is 0 Å². The first kappa shape index (κ1) is 7.81. The second-order valence-electron chi connectivity index (χ2n) is 3.29. The lowest BCUT2D eigenvalue weighted by Crippen LogP contribution is -2.01. The third-order valence-corrected chi connectivity index (χ3v) is 2.40. The Hall–Kier alpha value is -0.820. The second kappa shape index (κ2) is 3.28. The van der Waals surface area contributed by atoms with Crippen molar-refractivity contribution in [3.05, 3.63) is 41.3 Å². The van der Waals surface area contributed by atoms with Crippen LogP contribution in [0.15, 0.2) is 18.2 Å². The van der Waals surface area contributed by atoms with Crippen LogP contribution in [0.1, 0.15) is 29.5 Å². The van der Waals surface area contributed by atoms with Gasteiger partial charge in [0.05, 0.1) is 6.61 Å². The standard InChI is InChI=1S/C11H13O/c12-8-9-5-6-10-3-1-2-4-11(10)7-9/h3,5-7,12H,1-2,4,8H2. The average Bonchev–Trinajstić information content (AvgIpc) is 2.17. The maximum absolute atomic E-state index is 8.93. The summed E-state index contributed by atoms with van der Waals surface area (Å²) in [6.07, 6.45) is 5.90. The van der Waals surface area contributed by atoms with Gasteiger partial charge < -0.3 is 5.11 Å². The Labute approximate surface area is 73.0 Å². The van der Waals surface area contributed by atoms with E-state index < -0.39 is 0 Å². The van der Waals surface area contributed by atoms with Crippen molar-refractivity contribution in [1.29, 1.82) is 0 Å². The molecule has 0 saturated carbocycles. The molecule has 1 heteroatoms. The quantitative estimate of drug-likeness (QED) is 0.668. The van der Waals surface area contributed by atoms with Crippen LogP contribution < -0.4 is 0 Å². The molecule has 0 heterocycles. The maximum Gasteiger partial charge on any atom is 0.0681 e. The van der Waals surface area contributed by atoms with Crippen LogP contribution in [-0.4, -0.2) is 5.11 Å². The molecular weight excluding hydrogens is 148 g/mol. The monoisotopic (exact) mass is 161 g/mol. The first-order chi connectivity index (χ1) is 5.90. The van der Waals surface area contributed by atoms with Gasteiger partial charge in [0.15, 0.2) is 0 Å². The summed E-state index contributed by atoms with van der Waals surface area (Å²) in [5.74, 6) is 0. The van der Waals surface area contributed by atoms with E-state index in [2.05, 4.69) is 18.6 Å². The van der Waals surface area contributed by atoms with Crippen LogP contribution in [0.4, 0.5) is 0 Å². The molecule has 1 N–H and O–H groups in total. The van der Waals surface area contributed by atoms with Gasteiger partial charge in [0, 0.05) is 0 Å². The molecule has 1 aromatic rings. The first-order valence-corrected chi connectivity index (χ1v) is 4.46. The molecule has 1 aromatic carbocycles. The van der Waals surface area contributed by atoms with Gasteiger partial charge >= 0.3 is 0 Å². The summed E-state index contributed by atoms with van der Waals surface area (Å²) in [7, 11) is 0. The van der Waals surface area contributed by atoms with E-state index in [9.17, 15) is 0 Å². The fraction of sp³-hybridized carbons (Fsp3) is 0.364. The fourth-order valence-electron chi connectivity index (χ4n) is 1.72. The van der Waals surface area contributed by atoms with Crippen molar-refractivity contribution in [3.8, 4) is 0 Å². The van der Waals surface area contributed by atoms with Crippen molar-refractivity contribution >= 4 is 0 Å². The number of hydrogen-bond acceptors (Lipinski definition) is 1. The minimum atomic E-state index is 0.160. The van der Waals surface area contributed by atoms with Crippen LogP contribution in [0, 0.1) is 6.42 Å². The highest BCUT2D eigenvalue weighted by Gasteiger charge is 2.08. The van der Waals surface area contributed by atoms with Gasteiger partial charge in [-0.25, -0.2) is 0 Å². The van der Waals surface area contributed by atoms with Crippen molar-refractivity contribution in [3.63, 3.8) is 0 Å². The summed E-state index contributed by atoms with van der Waals surface area (Å²) in [5, 5.41) is 8.93. The smallest absolute Gasteiger partial charge is 0.0681 e. The highest BCUT2D eigenvalue weighted by Crippen LogP contribution is 2.23. The number of aliphatic hydroxyl groups excluding tert-OH is 1. The molecule has 0 unspecified atom stereocenters. The molecule has 0 bridgehead atoms. The molecule has 1 aliphatic rings. The molecule has 0 saturated heterocycles. The lowest BCUT2D eigenvalue weighted by molar-refractivity contribution is 0.281. The zero-order valence-corrected chi connectivity index (χ0v) is 7.09. The molecule has 0 fully saturated rings. The van der Waals surface area contributed by atoms with Crippen molar-refractivity contribution in [2.75, 3.05) is 0 Å². The van der Waals surface area contributed by atoms with Crippen molar-refractivity contribution in [1.82, 2.24) is 0 Å². The van der Waals surface area contributed by atoms with Gasteiger partial charge in [-0.15, -0.1) is 0 Å². The molecule has 0 amide bonds. The SMILES string of the molecule is OCc1ccc2c(c1)CCC[CH]2. The molecule has 1 aliphatic carbocycles. The van der Waals surface area contributed by atoms with Crippen molar-refractivity contribution in [2.24, 2.45) is 0 Å². The number of aryl methyl sites for hydroxylation is 1. The maximum atomic E-state index is 8.93. The summed E-state index contributed by atoms with van der Waals surface area (Å²) >= 11 is 0. The molecule has 63 valence electrons. The van der Waals surface area contributed by atoms with E-state index in [-0.39, 0.29) is 6.61 Å². The third kappa shape index (κ3) is 1.37. The number of aliphatic hydroxyl groups is 1. The van der Waals surface area contributed by atoms with Crippen molar-refractivity contribution in [2.45, 2.75) is 25.9 Å². The minimum Gasteiger partial charge on any atom is -0.392 e. The van der Waals surface area contributed by atoms with Gasteiger partial charge in [-0.2, -0.15) is 0 Å². The second-order valence-corrected chi connectivity index (χ2v) is 3.29. The van der Waals surface area contributed by atoms with Gasteiger partial charge in [0.2, 0.25) is 0 Å².